The second-order valence-electron chi connectivity index (χ2n) is 6.13. The van der Waals surface area contributed by atoms with Crippen LogP contribution in [0.25, 0.3) is 10.9 Å². The number of benzene rings is 1. The molecule has 140 valence electrons. The topological polar surface area (TPSA) is 65.8 Å². The number of carboxylic acid groups (broad SMARTS) is 1. The maximum Gasteiger partial charge on any atom is 0.341 e. The second kappa shape index (κ2) is 7.09. The zero-order chi connectivity index (χ0) is 20.2. The van der Waals surface area contributed by atoms with Crippen molar-refractivity contribution >= 4 is 46.7 Å². The van der Waals surface area contributed by atoms with E-state index in [9.17, 15) is 14.7 Å². The predicted octanol–water partition coefficient (Wildman–Crippen LogP) is 2.12. The first-order valence-electron chi connectivity index (χ1n) is 9.44. The van der Waals surface area contributed by atoms with Crippen LogP contribution in [0.15, 0.2) is 22.0 Å². The minimum absolute atomic E-state index is 0. The summed E-state index contributed by atoms with van der Waals surface area (Å²) in [5, 5.41) is 9.34. The maximum absolute atomic E-state index is 15.1. The third-order valence-electron chi connectivity index (χ3n) is 4.65. The standard InChI is InChI=1S/C17H18FN3O3S.ClH/c1-19-2-4-20(5-3-19)14-12(18)8-10-13-16(14)25-7-6-21(13)9-11(15(10)22)17(23)24;/h8-9H,2-7H2,1H3,(H,23,24);1H/i1D3;. The maximum atomic E-state index is 15.1. The molecule has 2 aliphatic heterocycles. The normalized spacial score (nSPS) is 19.4. The Hall–Kier alpha value is -1.77. The van der Waals surface area contributed by atoms with Crippen molar-refractivity contribution in [1.29, 1.82) is 0 Å². The molecule has 6 nitrogen and oxygen atoms in total. The molecular weight excluding hydrogens is 381 g/mol. The zero-order valence-electron chi connectivity index (χ0n) is 16.7. The summed E-state index contributed by atoms with van der Waals surface area (Å²) in [5.41, 5.74) is -0.163. The molecule has 0 bridgehead atoms. The van der Waals surface area contributed by atoms with E-state index in [-0.39, 0.29) is 36.4 Å². The van der Waals surface area contributed by atoms with Crippen molar-refractivity contribution < 1.29 is 18.4 Å². The summed E-state index contributed by atoms with van der Waals surface area (Å²) >= 11 is 1.43. The van der Waals surface area contributed by atoms with Gasteiger partial charge in [0.05, 0.1) is 21.5 Å². The molecule has 1 fully saturated rings. The Kier molecular flexibility index (Phi) is 4.17. The molecule has 0 saturated carbocycles. The Morgan fingerprint density at radius 3 is 2.69 bits per heavy atom. The average molecular weight is 403 g/mol. The summed E-state index contributed by atoms with van der Waals surface area (Å²) in [5.74, 6) is -1.30. The quantitative estimate of drug-likeness (QED) is 0.830. The molecule has 0 atom stereocenters. The number of likely N-dealkylation sites (N-methyl/N-ethyl adjacent to an activating group) is 1. The number of piperazine rings is 1. The third kappa shape index (κ3) is 2.95. The lowest BCUT2D eigenvalue weighted by Gasteiger charge is -2.36. The first kappa shape index (κ1) is 15.3. The fourth-order valence-electron chi connectivity index (χ4n) is 3.42. The van der Waals surface area contributed by atoms with E-state index < -0.39 is 24.2 Å². The lowest BCUT2D eigenvalue weighted by atomic mass is 10.1. The number of aryl methyl sites for hydroxylation is 1. The first-order valence-corrected chi connectivity index (χ1v) is 8.93. The molecule has 0 spiro atoms. The Bertz CT molecular complexity index is 1040. The number of carbonyl (C=O) groups is 1. The fourth-order valence-corrected chi connectivity index (χ4v) is 4.64. The molecular formula is C17H19ClFN3O3S. The SMILES string of the molecule is Cl.[2H]C([2H])([2H])N1CCN(c2c(F)cc3c(=O)c(C(=O)O)cn4c3c2SCC4)CC1. The second-order valence-corrected chi connectivity index (χ2v) is 7.23. The number of thioether (sulfide) groups is 1. The van der Waals surface area contributed by atoms with Gasteiger partial charge >= 0.3 is 5.97 Å². The smallest absolute Gasteiger partial charge is 0.341 e. The molecule has 4 rings (SSSR count). The number of halogens is 2. The molecule has 1 saturated heterocycles. The van der Waals surface area contributed by atoms with Crippen molar-refractivity contribution in [2.24, 2.45) is 0 Å². The largest absolute Gasteiger partial charge is 0.477 e. The summed E-state index contributed by atoms with van der Waals surface area (Å²) in [6, 6.07) is 1.11. The Balaban J connectivity index is 0.00000240. The lowest BCUT2D eigenvalue weighted by molar-refractivity contribution is 0.0695. The van der Waals surface area contributed by atoms with Crippen molar-refractivity contribution in [2.45, 2.75) is 11.4 Å². The molecule has 26 heavy (non-hydrogen) atoms. The van der Waals surface area contributed by atoms with E-state index in [0.717, 1.165) is 6.07 Å². The van der Waals surface area contributed by atoms with Crippen LogP contribution in [0.4, 0.5) is 10.1 Å². The molecule has 9 heteroatoms. The molecule has 2 aromatic rings. The number of hydrogen-bond donors (Lipinski definition) is 1. The van der Waals surface area contributed by atoms with Gasteiger partial charge in [-0.2, -0.15) is 0 Å². The first-order chi connectivity index (χ1) is 13.2. The van der Waals surface area contributed by atoms with Crippen LogP contribution < -0.4 is 10.3 Å². The van der Waals surface area contributed by atoms with Gasteiger partial charge in [-0.3, -0.25) is 4.79 Å². The number of carboxylic acids is 1. The monoisotopic (exact) mass is 402 g/mol. The van der Waals surface area contributed by atoms with E-state index in [2.05, 4.69) is 0 Å². The number of nitrogens with zero attached hydrogens (tertiary/aromatic N) is 3. The van der Waals surface area contributed by atoms with Gasteiger partial charge in [-0.1, -0.05) is 0 Å². The number of aromatic carboxylic acids is 1. The minimum atomic E-state index is -2.18. The van der Waals surface area contributed by atoms with Crippen LogP contribution in [0.5, 0.6) is 0 Å². The van der Waals surface area contributed by atoms with Gasteiger partial charge < -0.3 is 19.5 Å². The Morgan fingerprint density at radius 1 is 1.31 bits per heavy atom. The highest BCUT2D eigenvalue weighted by Crippen LogP contribution is 2.41. The van der Waals surface area contributed by atoms with Crippen LogP contribution in [0, 0.1) is 5.82 Å². The minimum Gasteiger partial charge on any atom is -0.477 e. The van der Waals surface area contributed by atoms with Crippen LogP contribution in [0.2, 0.25) is 0 Å². The van der Waals surface area contributed by atoms with Crippen molar-refractivity contribution in [1.82, 2.24) is 9.47 Å². The molecule has 2 aliphatic rings. The van der Waals surface area contributed by atoms with Crippen molar-refractivity contribution in [3.63, 3.8) is 0 Å². The van der Waals surface area contributed by atoms with Gasteiger partial charge in [0.25, 0.3) is 0 Å². The van der Waals surface area contributed by atoms with E-state index in [1.54, 1.807) is 4.57 Å². The van der Waals surface area contributed by atoms with E-state index in [0.29, 0.717) is 41.5 Å². The number of aromatic nitrogens is 1. The van der Waals surface area contributed by atoms with Gasteiger partial charge in [-0.15, -0.1) is 24.2 Å². The van der Waals surface area contributed by atoms with Gasteiger partial charge in [0.15, 0.2) is 0 Å². The summed E-state index contributed by atoms with van der Waals surface area (Å²) in [4.78, 5) is 27.7. The third-order valence-corrected chi connectivity index (χ3v) is 5.71. The van der Waals surface area contributed by atoms with Gasteiger partial charge in [-0.25, -0.2) is 9.18 Å². The molecule has 1 aromatic heterocycles. The Morgan fingerprint density at radius 2 is 2.04 bits per heavy atom. The predicted molar refractivity (Wildman–Crippen MR) is 103 cm³/mol. The highest BCUT2D eigenvalue weighted by Gasteiger charge is 2.28. The van der Waals surface area contributed by atoms with Gasteiger partial charge in [0, 0.05) is 48.8 Å². The average Bonchev–Trinajstić information content (AvgIpc) is 2.63. The van der Waals surface area contributed by atoms with E-state index >= 15 is 4.39 Å². The van der Waals surface area contributed by atoms with Crippen LogP contribution in [0.1, 0.15) is 14.5 Å². The van der Waals surface area contributed by atoms with Gasteiger partial charge in [0.2, 0.25) is 5.43 Å². The van der Waals surface area contributed by atoms with Crippen molar-refractivity contribution in [3.8, 4) is 0 Å². The highest BCUT2D eigenvalue weighted by atomic mass is 35.5. The summed E-state index contributed by atoms with van der Waals surface area (Å²) in [6.45, 7) is -0.388. The number of rotatable bonds is 2. The van der Waals surface area contributed by atoms with Crippen molar-refractivity contribution in [2.75, 3.05) is 43.8 Å². The molecule has 0 amide bonds. The number of pyridine rings is 1. The van der Waals surface area contributed by atoms with E-state index in [1.165, 1.54) is 22.9 Å². The number of hydrogen-bond acceptors (Lipinski definition) is 5. The van der Waals surface area contributed by atoms with Gasteiger partial charge in [-0.05, 0) is 13.0 Å². The molecule has 1 N–H and O–H groups in total. The summed E-state index contributed by atoms with van der Waals surface area (Å²) in [7, 11) is 0. The summed E-state index contributed by atoms with van der Waals surface area (Å²) in [6.07, 6.45) is 1.32. The summed E-state index contributed by atoms with van der Waals surface area (Å²) < 4.78 is 39.3. The van der Waals surface area contributed by atoms with Crippen molar-refractivity contribution in [3.05, 3.63) is 33.9 Å². The number of anilines is 1. The van der Waals surface area contributed by atoms with Crippen LogP contribution in [0.3, 0.4) is 0 Å². The van der Waals surface area contributed by atoms with Gasteiger partial charge in [0.1, 0.15) is 11.4 Å². The molecule has 3 heterocycles. The molecule has 0 aliphatic carbocycles. The van der Waals surface area contributed by atoms with E-state index in [4.69, 9.17) is 4.11 Å². The van der Waals surface area contributed by atoms with Crippen LogP contribution in [-0.2, 0) is 6.54 Å². The molecule has 0 unspecified atom stereocenters. The molecule has 0 radical (unpaired) electrons. The highest BCUT2D eigenvalue weighted by molar-refractivity contribution is 7.99. The zero-order valence-corrected chi connectivity index (χ0v) is 15.3. The Labute approximate surface area is 164 Å². The van der Waals surface area contributed by atoms with Crippen LogP contribution in [-0.4, -0.2) is 59.5 Å². The fraction of sp³-hybridized carbons (Fsp3) is 0.412. The van der Waals surface area contributed by atoms with E-state index in [1.807, 2.05) is 4.90 Å². The lowest BCUT2D eigenvalue weighted by Crippen LogP contribution is -2.45. The van der Waals surface area contributed by atoms with Crippen LogP contribution >= 0.6 is 24.2 Å². The molecule has 1 aromatic carbocycles.